The molecule has 172 valence electrons. The molecule has 1 unspecified atom stereocenters. The normalized spacial score (nSPS) is 12.4. The first-order chi connectivity index (χ1) is 16.4. The van der Waals surface area contributed by atoms with Crippen molar-refractivity contribution in [3.8, 4) is 11.3 Å². The molecule has 0 spiro atoms. The summed E-state index contributed by atoms with van der Waals surface area (Å²) in [6.45, 7) is 8.33. The van der Waals surface area contributed by atoms with Crippen LogP contribution in [0, 0.1) is 20.8 Å². The number of nitrogens with one attached hydrogen (secondary N) is 1. The van der Waals surface area contributed by atoms with Gasteiger partial charge in [0.15, 0.2) is 15.9 Å². The van der Waals surface area contributed by atoms with Gasteiger partial charge in [0.2, 0.25) is 5.91 Å². The van der Waals surface area contributed by atoms with Crippen molar-refractivity contribution in [1.29, 1.82) is 0 Å². The van der Waals surface area contributed by atoms with Gasteiger partial charge in [-0.15, -0.1) is 21.5 Å². The van der Waals surface area contributed by atoms with Crippen molar-refractivity contribution in [3.05, 3.63) is 70.6 Å². The molecule has 5 aromatic rings. The van der Waals surface area contributed by atoms with E-state index in [4.69, 9.17) is 0 Å². The van der Waals surface area contributed by atoms with Crippen molar-refractivity contribution >= 4 is 50.7 Å². The Kier molecular flexibility index (Phi) is 6.10. The SMILES string of the molecule is CCC(Sc1nnc2cc(C)c3cc(C)cc(C)c3n12)C(=O)Nc1nc(-c2ccccc2)cs1. The number of fused-ring (bicyclic) bond motifs is 3. The molecule has 5 rings (SSSR count). The Balaban J connectivity index is 1.43. The predicted octanol–water partition coefficient (Wildman–Crippen LogP) is 6.44. The van der Waals surface area contributed by atoms with E-state index in [0.717, 1.165) is 27.6 Å². The molecule has 34 heavy (non-hydrogen) atoms. The Morgan fingerprint density at radius 3 is 2.65 bits per heavy atom. The Labute approximate surface area is 206 Å². The van der Waals surface area contributed by atoms with Crippen LogP contribution < -0.4 is 5.32 Å². The van der Waals surface area contributed by atoms with E-state index in [1.54, 1.807) is 0 Å². The lowest BCUT2D eigenvalue weighted by Crippen LogP contribution is -2.24. The number of anilines is 1. The molecule has 0 bridgehead atoms. The standard InChI is InChI=1S/C26H25N5OS2/c1-5-21(24(32)28-25-27-20(14-33-25)18-9-7-6-8-10-18)34-26-30-29-22-13-16(3)19-12-15(2)11-17(4)23(19)31(22)26/h6-14,21H,5H2,1-4H3,(H,27,28,32). The van der Waals surface area contributed by atoms with E-state index >= 15 is 0 Å². The van der Waals surface area contributed by atoms with E-state index in [2.05, 4.69) is 63.9 Å². The molecule has 0 aliphatic carbocycles. The number of carbonyl (C=O) groups excluding carboxylic acids is 1. The lowest BCUT2D eigenvalue weighted by atomic mass is 10.0. The van der Waals surface area contributed by atoms with Gasteiger partial charge in [-0.2, -0.15) is 0 Å². The van der Waals surface area contributed by atoms with Crippen LogP contribution in [0.15, 0.2) is 59.1 Å². The van der Waals surface area contributed by atoms with E-state index < -0.39 is 0 Å². The number of carbonyl (C=O) groups is 1. The number of pyridine rings is 1. The van der Waals surface area contributed by atoms with Gasteiger partial charge in [0.1, 0.15) is 0 Å². The number of hydrogen-bond acceptors (Lipinski definition) is 6. The Morgan fingerprint density at radius 2 is 1.88 bits per heavy atom. The molecule has 0 saturated heterocycles. The van der Waals surface area contributed by atoms with Crippen molar-refractivity contribution in [1.82, 2.24) is 19.6 Å². The van der Waals surface area contributed by atoms with Gasteiger partial charge in [0.05, 0.1) is 16.5 Å². The summed E-state index contributed by atoms with van der Waals surface area (Å²) in [6.07, 6.45) is 0.657. The molecule has 0 radical (unpaired) electrons. The first-order valence-corrected chi connectivity index (χ1v) is 12.9. The Morgan fingerprint density at radius 1 is 1.09 bits per heavy atom. The smallest absolute Gasteiger partial charge is 0.239 e. The summed E-state index contributed by atoms with van der Waals surface area (Å²) in [5.41, 5.74) is 7.33. The molecule has 3 heterocycles. The highest BCUT2D eigenvalue weighted by atomic mass is 32.2. The number of rotatable bonds is 6. The fourth-order valence-corrected chi connectivity index (χ4v) is 5.89. The zero-order valence-corrected chi connectivity index (χ0v) is 21.1. The molecule has 8 heteroatoms. The first-order valence-electron chi connectivity index (χ1n) is 11.2. The molecular formula is C26H25N5OS2. The minimum Gasteiger partial charge on any atom is -0.301 e. The molecule has 6 nitrogen and oxygen atoms in total. The van der Waals surface area contributed by atoms with Gasteiger partial charge in [0, 0.05) is 16.3 Å². The summed E-state index contributed by atoms with van der Waals surface area (Å²) < 4.78 is 2.08. The van der Waals surface area contributed by atoms with E-state index in [1.165, 1.54) is 45.2 Å². The summed E-state index contributed by atoms with van der Waals surface area (Å²) in [5.74, 6) is -0.0813. The van der Waals surface area contributed by atoms with Gasteiger partial charge < -0.3 is 5.32 Å². The number of benzene rings is 2. The largest absolute Gasteiger partial charge is 0.301 e. The lowest BCUT2D eigenvalue weighted by molar-refractivity contribution is -0.115. The van der Waals surface area contributed by atoms with Crippen molar-refractivity contribution in [2.45, 2.75) is 44.5 Å². The number of thiazole rings is 1. The third kappa shape index (κ3) is 4.19. The van der Waals surface area contributed by atoms with Crippen LogP contribution in [-0.4, -0.2) is 30.7 Å². The minimum absolute atomic E-state index is 0.0813. The summed E-state index contributed by atoms with van der Waals surface area (Å²) in [4.78, 5) is 17.8. The van der Waals surface area contributed by atoms with Crippen LogP contribution in [0.1, 0.15) is 30.0 Å². The topological polar surface area (TPSA) is 72.2 Å². The van der Waals surface area contributed by atoms with Crippen molar-refractivity contribution in [2.75, 3.05) is 5.32 Å². The second kappa shape index (κ2) is 9.19. The predicted molar refractivity (Wildman–Crippen MR) is 141 cm³/mol. The van der Waals surface area contributed by atoms with E-state index in [-0.39, 0.29) is 11.2 Å². The van der Waals surface area contributed by atoms with Crippen molar-refractivity contribution in [3.63, 3.8) is 0 Å². The highest BCUT2D eigenvalue weighted by Gasteiger charge is 2.23. The molecule has 0 aliphatic rings. The monoisotopic (exact) mass is 487 g/mol. The number of nitrogens with zero attached hydrogens (tertiary/aromatic N) is 4. The van der Waals surface area contributed by atoms with Gasteiger partial charge in [-0.1, -0.05) is 60.6 Å². The average molecular weight is 488 g/mol. The number of aromatic nitrogens is 4. The van der Waals surface area contributed by atoms with Gasteiger partial charge in [-0.3, -0.25) is 9.20 Å². The molecule has 1 N–H and O–H groups in total. The maximum Gasteiger partial charge on any atom is 0.239 e. The molecule has 2 aromatic carbocycles. The van der Waals surface area contributed by atoms with Gasteiger partial charge in [-0.05, 0) is 50.5 Å². The van der Waals surface area contributed by atoms with Gasteiger partial charge >= 0.3 is 0 Å². The number of thioether (sulfide) groups is 1. The van der Waals surface area contributed by atoms with Crippen LogP contribution in [0.5, 0.6) is 0 Å². The van der Waals surface area contributed by atoms with Crippen LogP contribution in [0.4, 0.5) is 5.13 Å². The average Bonchev–Trinajstić information content (AvgIpc) is 3.45. The van der Waals surface area contributed by atoms with Crippen LogP contribution in [0.3, 0.4) is 0 Å². The van der Waals surface area contributed by atoms with Crippen molar-refractivity contribution in [2.24, 2.45) is 0 Å². The summed E-state index contributed by atoms with van der Waals surface area (Å²) in [6, 6.07) is 16.4. The van der Waals surface area contributed by atoms with E-state index in [1.807, 2.05) is 42.6 Å². The Bertz CT molecular complexity index is 1510. The van der Waals surface area contributed by atoms with Crippen LogP contribution >= 0.6 is 23.1 Å². The molecule has 0 aliphatic heterocycles. The zero-order valence-electron chi connectivity index (χ0n) is 19.5. The number of hydrogen-bond donors (Lipinski definition) is 1. The molecule has 3 aromatic heterocycles. The maximum absolute atomic E-state index is 13.2. The fourth-order valence-electron chi connectivity index (χ4n) is 4.20. The van der Waals surface area contributed by atoms with E-state index in [0.29, 0.717) is 11.6 Å². The molecule has 1 atom stereocenters. The lowest BCUT2D eigenvalue weighted by Gasteiger charge is -2.14. The zero-order chi connectivity index (χ0) is 23.8. The third-order valence-electron chi connectivity index (χ3n) is 5.81. The quantitative estimate of drug-likeness (QED) is 0.279. The molecule has 0 fully saturated rings. The van der Waals surface area contributed by atoms with Crippen molar-refractivity contribution < 1.29 is 4.79 Å². The minimum atomic E-state index is -0.321. The second-order valence-electron chi connectivity index (χ2n) is 8.39. The van der Waals surface area contributed by atoms with Crippen LogP contribution in [-0.2, 0) is 4.79 Å². The van der Waals surface area contributed by atoms with Gasteiger partial charge in [0.25, 0.3) is 0 Å². The first kappa shape index (κ1) is 22.6. The van der Waals surface area contributed by atoms with Crippen LogP contribution in [0.25, 0.3) is 27.8 Å². The molecule has 1 amide bonds. The number of amides is 1. The second-order valence-corrected chi connectivity index (χ2v) is 10.4. The summed E-state index contributed by atoms with van der Waals surface area (Å²) >= 11 is 2.88. The number of aryl methyl sites for hydroxylation is 3. The third-order valence-corrected chi connectivity index (χ3v) is 7.88. The highest BCUT2D eigenvalue weighted by molar-refractivity contribution is 8.00. The summed E-state index contributed by atoms with van der Waals surface area (Å²) in [5, 5.41) is 16.0. The summed E-state index contributed by atoms with van der Waals surface area (Å²) in [7, 11) is 0. The van der Waals surface area contributed by atoms with Crippen LogP contribution in [0.2, 0.25) is 0 Å². The van der Waals surface area contributed by atoms with Gasteiger partial charge in [-0.25, -0.2) is 4.98 Å². The molecule has 0 saturated carbocycles. The highest BCUT2D eigenvalue weighted by Crippen LogP contribution is 2.32. The van der Waals surface area contributed by atoms with E-state index in [9.17, 15) is 4.79 Å². The fraction of sp³-hybridized carbons (Fsp3) is 0.231. The Hall–Kier alpha value is -3.23. The molecular weight excluding hydrogens is 462 g/mol. The maximum atomic E-state index is 13.2.